The summed E-state index contributed by atoms with van der Waals surface area (Å²) in [6.45, 7) is 1.68. The first-order valence-electron chi connectivity index (χ1n) is 5.73. The van der Waals surface area contributed by atoms with E-state index >= 15 is 0 Å². The lowest BCUT2D eigenvalue weighted by molar-refractivity contribution is 0.0951. The van der Waals surface area contributed by atoms with Gasteiger partial charge in [0.25, 0.3) is 15.0 Å². The molecule has 0 saturated carbocycles. The summed E-state index contributed by atoms with van der Waals surface area (Å²) in [7, 11) is -0.678. The highest BCUT2D eigenvalue weighted by Gasteiger charge is 2.24. The Bertz CT molecular complexity index is 679. The molecule has 1 aromatic carbocycles. The van der Waals surface area contributed by atoms with Crippen LogP contribution in [0.25, 0.3) is 0 Å². The summed E-state index contributed by atoms with van der Waals surface area (Å²) in [5.74, 6) is -3.00. The molecule has 1 aromatic rings. The lowest BCUT2D eigenvalue weighted by atomic mass is 10.2. The van der Waals surface area contributed by atoms with E-state index in [2.05, 4.69) is 5.32 Å². The molecule has 0 bridgehead atoms. The van der Waals surface area contributed by atoms with Crippen molar-refractivity contribution in [3.8, 4) is 0 Å². The zero-order valence-corrected chi connectivity index (χ0v) is 13.2. The van der Waals surface area contributed by atoms with Crippen molar-refractivity contribution in [3.63, 3.8) is 0 Å². The fourth-order valence-corrected chi connectivity index (χ4v) is 2.96. The second kappa shape index (κ2) is 7.28. The fourth-order valence-electron chi connectivity index (χ4n) is 1.42. The Balaban J connectivity index is 3.00. The predicted molar refractivity (Wildman–Crippen MR) is 75.3 cm³/mol. The van der Waals surface area contributed by atoms with Gasteiger partial charge in [0.15, 0.2) is 5.82 Å². The first-order chi connectivity index (χ1) is 9.66. The van der Waals surface area contributed by atoms with E-state index in [0.717, 1.165) is 0 Å². The van der Waals surface area contributed by atoms with Crippen LogP contribution in [0.5, 0.6) is 0 Å². The highest BCUT2D eigenvalue weighted by Crippen LogP contribution is 2.23. The first kappa shape index (κ1) is 18.0. The highest BCUT2D eigenvalue weighted by molar-refractivity contribution is 8.13. The summed E-state index contributed by atoms with van der Waals surface area (Å²) in [5.41, 5.74) is -0.781. The van der Waals surface area contributed by atoms with Gasteiger partial charge in [-0.2, -0.15) is 0 Å². The maximum absolute atomic E-state index is 13.9. The van der Waals surface area contributed by atoms with Crippen LogP contribution in [0, 0.1) is 11.6 Å². The molecular weight excluding hydrogens is 348 g/mol. The van der Waals surface area contributed by atoms with Gasteiger partial charge in [-0.05, 0) is 12.1 Å². The van der Waals surface area contributed by atoms with Crippen molar-refractivity contribution in [2.24, 2.45) is 0 Å². The number of hydrogen-bond donors (Lipinski definition) is 1. The van der Waals surface area contributed by atoms with Gasteiger partial charge in [0.05, 0.1) is 5.56 Å². The van der Waals surface area contributed by atoms with Crippen molar-refractivity contribution in [2.45, 2.75) is 11.8 Å². The van der Waals surface area contributed by atoms with Gasteiger partial charge in [-0.3, -0.25) is 9.00 Å². The molecule has 0 aliphatic rings. The van der Waals surface area contributed by atoms with Crippen LogP contribution in [0.15, 0.2) is 17.0 Å². The molecule has 0 radical (unpaired) electrons. The monoisotopic (exact) mass is 359 g/mol. The molecule has 5 nitrogen and oxygen atoms in total. The lowest BCUT2D eigenvalue weighted by Crippen LogP contribution is -2.29. The SMILES string of the molecule is CCS(=O)CCNC(=O)c1cc(F)cc(S(=O)(=O)Cl)c1F. The third-order valence-electron chi connectivity index (χ3n) is 2.45. The van der Waals surface area contributed by atoms with Crippen molar-refractivity contribution in [2.75, 3.05) is 18.1 Å². The maximum Gasteiger partial charge on any atom is 0.264 e. The molecule has 0 aliphatic heterocycles. The molecule has 0 spiro atoms. The topological polar surface area (TPSA) is 80.3 Å². The van der Waals surface area contributed by atoms with Crippen molar-refractivity contribution < 1.29 is 26.2 Å². The number of halogens is 3. The van der Waals surface area contributed by atoms with E-state index in [-0.39, 0.29) is 12.3 Å². The van der Waals surface area contributed by atoms with E-state index in [0.29, 0.717) is 17.9 Å². The molecule has 0 fully saturated rings. The first-order valence-corrected chi connectivity index (χ1v) is 9.53. The third kappa shape index (κ3) is 5.01. The van der Waals surface area contributed by atoms with Gasteiger partial charge >= 0.3 is 0 Å². The Morgan fingerprint density at radius 3 is 2.52 bits per heavy atom. The van der Waals surface area contributed by atoms with Crippen LogP contribution >= 0.6 is 10.7 Å². The number of carbonyl (C=O) groups is 1. The molecule has 118 valence electrons. The zero-order chi connectivity index (χ0) is 16.2. The van der Waals surface area contributed by atoms with Crippen LogP contribution < -0.4 is 5.32 Å². The molecule has 1 N–H and O–H groups in total. The van der Waals surface area contributed by atoms with E-state index in [1.165, 1.54) is 0 Å². The molecule has 0 aliphatic carbocycles. The van der Waals surface area contributed by atoms with Crippen molar-refractivity contribution in [1.82, 2.24) is 5.32 Å². The molecule has 1 amide bonds. The Morgan fingerprint density at radius 1 is 1.38 bits per heavy atom. The number of benzene rings is 1. The molecule has 1 rings (SSSR count). The Kier molecular flexibility index (Phi) is 6.24. The lowest BCUT2D eigenvalue weighted by Gasteiger charge is -2.08. The number of amides is 1. The van der Waals surface area contributed by atoms with Crippen molar-refractivity contribution >= 4 is 36.4 Å². The smallest absolute Gasteiger partial charge is 0.264 e. The largest absolute Gasteiger partial charge is 0.351 e. The molecule has 0 saturated heterocycles. The third-order valence-corrected chi connectivity index (χ3v) is 5.07. The quantitative estimate of drug-likeness (QED) is 0.778. The fraction of sp³-hybridized carbons (Fsp3) is 0.364. The predicted octanol–water partition coefficient (Wildman–Crippen LogP) is 1.39. The Labute approximate surface area is 127 Å². The minimum Gasteiger partial charge on any atom is -0.351 e. The summed E-state index contributed by atoms with van der Waals surface area (Å²) in [5, 5.41) is 2.23. The van der Waals surface area contributed by atoms with Crippen LogP contribution in [0.4, 0.5) is 8.78 Å². The van der Waals surface area contributed by atoms with Gasteiger partial charge in [0.2, 0.25) is 0 Å². The van der Waals surface area contributed by atoms with E-state index in [1.54, 1.807) is 6.92 Å². The van der Waals surface area contributed by atoms with Gasteiger partial charge in [0.1, 0.15) is 10.7 Å². The number of nitrogens with one attached hydrogen (secondary N) is 1. The molecular formula is C11H12ClF2NO4S2. The van der Waals surface area contributed by atoms with E-state index in [9.17, 15) is 26.2 Å². The molecule has 1 unspecified atom stereocenters. The zero-order valence-electron chi connectivity index (χ0n) is 10.9. The number of hydrogen-bond acceptors (Lipinski definition) is 4. The summed E-state index contributed by atoms with van der Waals surface area (Å²) in [4.78, 5) is 10.6. The average Bonchev–Trinajstić information content (AvgIpc) is 2.39. The minimum absolute atomic E-state index is 0.0157. The average molecular weight is 360 g/mol. The standard InChI is InChI=1S/C11H12ClF2NO4S2/c1-2-20(17)4-3-15-11(16)8-5-7(13)6-9(10(8)14)21(12,18)19/h5-6H,2-4H2,1H3,(H,15,16). The van der Waals surface area contributed by atoms with E-state index in [4.69, 9.17) is 10.7 Å². The molecule has 21 heavy (non-hydrogen) atoms. The van der Waals surface area contributed by atoms with Crippen LogP contribution in [0.3, 0.4) is 0 Å². The summed E-state index contributed by atoms with van der Waals surface area (Å²) < 4.78 is 60.6. The van der Waals surface area contributed by atoms with Gasteiger partial charge in [0, 0.05) is 39.5 Å². The van der Waals surface area contributed by atoms with Gasteiger partial charge in [-0.15, -0.1) is 0 Å². The Hall–Kier alpha value is -1.06. The normalized spacial score (nSPS) is 13.0. The summed E-state index contributed by atoms with van der Waals surface area (Å²) in [6.07, 6.45) is 0. The molecule has 1 atom stereocenters. The van der Waals surface area contributed by atoms with Crippen LogP contribution in [0.2, 0.25) is 0 Å². The van der Waals surface area contributed by atoms with Gasteiger partial charge in [-0.1, -0.05) is 6.92 Å². The molecule has 0 heterocycles. The number of rotatable bonds is 6. The Morgan fingerprint density at radius 2 is 2.00 bits per heavy atom. The van der Waals surface area contributed by atoms with Crippen LogP contribution in [0.1, 0.15) is 17.3 Å². The number of carbonyl (C=O) groups excluding carboxylic acids is 1. The highest BCUT2D eigenvalue weighted by atomic mass is 35.7. The maximum atomic E-state index is 13.9. The molecule has 10 heteroatoms. The second-order valence-electron chi connectivity index (χ2n) is 3.89. The van der Waals surface area contributed by atoms with Gasteiger partial charge < -0.3 is 5.32 Å². The van der Waals surface area contributed by atoms with E-state index < -0.39 is 47.9 Å². The van der Waals surface area contributed by atoms with Crippen LogP contribution in [-0.4, -0.2) is 36.6 Å². The second-order valence-corrected chi connectivity index (χ2v) is 8.29. The summed E-state index contributed by atoms with van der Waals surface area (Å²) in [6, 6.07) is 0.952. The minimum atomic E-state index is -4.52. The summed E-state index contributed by atoms with van der Waals surface area (Å²) >= 11 is 0. The van der Waals surface area contributed by atoms with E-state index in [1.807, 2.05) is 0 Å². The van der Waals surface area contributed by atoms with Crippen molar-refractivity contribution in [1.29, 1.82) is 0 Å². The molecule has 0 aromatic heterocycles. The van der Waals surface area contributed by atoms with Gasteiger partial charge in [-0.25, -0.2) is 17.2 Å². The van der Waals surface area contributed by atoms with Crippen molar-refractivity contribution in [3.05, 3.63) is 29.3 Å². The van der Waals surface area contributed by atoms with Crippen LogP contribution in [-0.2, 0) is 19.9 Å².